The fourth-order valence-electron chi connectivity index (χ4n) is 3.14. The van der Waals surface area contributed by atoms with E-state index < -0.39 is 0 Å². The number of hydrogen-bond acceptors (Lipinski definition) is 7. The molecule has 0 bridgehead atoms. The summed E-state index contributed by atoms with van der Waals surface area (Å²) in [5, 5.41) is 0. The number of benzene rings is 1. The lowest BCUT2D eigenvalue weighted by atomic mass is 10.1. The maximum atomic E-state index is 12.8. The van der Waals surface area contributed by atoms with Crippen LogP contribution in [0.5, 0.6) is 11.5 Å². The van der Waals surface area contributed by atoms with Crippen molar-refractivity contribution in [2.75, 3.05) is 53.6 Å². The molecule has 6 nitrogen and oxygen atoms in total. The highest BCUT2D eigenvalue weighted by Gasteiger charge is 2.32. The van der Waals surface area contributed by atoms with E-state index in [1.54, 1.807) is 19.1 Å². The Bertz CT molecular complexity index is 732. The Labute approximate surface area is 169 Å². The normalized spacial score (nSPS) is 19.8. The van der Waals surface area contributed by atoms with Gasteiger partial charge in [0.25, 0.3) is 5.91 Å². The first-order chi connectivity index (χ1) is 13.1. The first-order valence-electron chi connectivity index (χ1n) is 8.90. The molecule has 0 N–H and O–H groups in total. The van der Waals surface area contributed by atoms with Crippen molar-refractivity contribution in [1.29, 1.82) is 0 Å². The number of thiocarbonyl (C=S) groups is 1. The van der Waals surface area contributed by atoms with E-state index >= 15 is 0 Å². The van der Waals surface area contributed by atoms with Crippen molar-refractivity contribution < 1.29 is 19.0 Å². The van der Waals surface area contributed by atoms with Crippen LogP contribution in [-0.4, -0.2) is 73.6 Å². The fourth-order valence-corrected chi connectivity index (χ4v) is 4.44. The molecule has 0 spiro atoms. The van der Waals surface area contributed by atoms with Gasteiger partial charge in [0.15, 0.2) is 11.5 Å². The highest BCUT2D eigenvalue weighted by Crippen LogP contribution is 2.37. The number of hydrogen-bond donors (Lipinski definition) is 0. The Morgan fingerprint density at radius 3 is 2.70 bits per heavy atom. The molecule has 1 aromatic carbocycles. The second kappa shape index (κ2) is 9.54. The van der Waals surface area contributed by atoms with Gasteiger partial charge in [-0.25, -0.2) is 0 Å². The minimum Gasteiger partial charge on any atom is -0.493 e. The fraction of sp³-hybridized carbons (Fsp3) is 0.474. The number of nitrogens with zero attached hydrogens (tertiary/aromatic N) is 2. The number of morpholine rings is 1. The minimum absolute atomic E-state index is 0.0446. The van der Waals surface area contributed by atoms with Crippen LogP contribution in [0.15, 0.2) is 23.1 Å². The first-order valence-corrected chi connectivity index (χ1v) is 10.1. The number of carbonyl (C=O) groups is 1. The van der Waals surface area contributed by atoms with E-state index in [0.717, 1.165) is 44.8 Å². The SMILES string of the molecule is COc1cccc(/C=C2\SC(=S)N(CCCN3CCOCC3)C2=O)c1OC. The van der Waals surface area contributed by atoms with Crippen molar-refractivity contribution >= 4 is 40.3 Å². The van der Waals surface area contributed by atoms with Gasteiger partial charge in [0.2, 0.25) is 0 Å². The zero-order chi connectivity index (χ0) is 19.2. The Morgan fingerprint density at radius 2 is 2.00 bits per heavy atom. The van der Waals surface area contributed by atoms with Crippen LogP contribution >= 0.6 is 24.0 Å². The monoisotopic (exact) mass is 408 g/mol. The molecular formula is C19H24N2O4S2. The molecular weight excluding hydrogens is 384 g/mol. The second-order valence-corrected chi connectivity index (χ2v) is 7.90. The van der Waals surface area contributed by atoms with E-state index in [4.69, 9.17) is 26.4 Å². The third-order valence-electron chi connectivity index (χ3n) is 4.55. The van der Waals surface area contributed by atoms with Crippen molar-refractivity contribution in [3.8, 4) is 11.5 Å². The van der Waals surface area contributed by atoms with Crippen molar-refractivity contribution in [1.82, 2.24) is 9.80 Å². The lowest BCUT2D eigenvalue weighted by molar-refractivity contribution is -0.122. The summed E-state index contributed by atoms with van der Waals surface area (Å²) < 4.78 is 16.7. The van der Waals surface area contributed by atoms with Crippen LogP contribution in [0.4, 0.5) is 0 Å². The van der Waals surface area contributed by atoms with Crippen LogP contribution < -0.4 is 9.47 Å². The molecule has 27 heavy (non-hydrogen) atoms. The summed E-state index contributed by atoms with van der Waals surface area (Å²) in [4.78, 5) is 17.5. The van der Waals surface area contributed by atoms with E-state index in [9.17, 15) is 4.79 Å². The number of rotatable bonds is 7. The van der Waals surface area contributed by atoms with Gasteiger partial charge in [0, 0.05) is 31.7 Å². The van der Waals surface area contributed by atoms with E-state index in [2.05, 4.69) is 4.90 Å². The summed E-state index contributed by atoms with van der Waals surface area (Å²) >= 11 is 6.76. The Hall–Kier alpha value is -1.61. The molecule has 0 saturated carbocycles. The van der Waals surface area contributed by atoms with Crippen LogP contribution in [0.2, 0.25) is 0 Å². The average Bonchev–Trinajstić information content (AvgIpc) is 2.96. The van der Waals surface area contributed by atoms with Gasteiger partial charge in [0.1, 0.15) is 4.32 Å². The van der Waals surface area contributed by atoms with Gasteiger partial charge in [-0.2, -0.15) is 0 Å². The Balaban J connectivity index is 1.66. The third kappa shape index (κ3) is 4.82. The van der Waals surface area contributed by atoms with E-state index in [0.29, 0.717) is 27.3 Å². The van der Waals surface area contributed by atoms with E-state index in [-0.39, 0.29) is 5.91 Å². The molecule has 2 heterocycles. The summed E-state index contributed by atoms with van der Waals surface area (Å²) in [6.45, 7) is 5.05. The van der Waals surface area contributed by atoms with Crippen LogP contribution in [0, 0.1) is 0 Å². The molecule has 0 aromatic heterocycles. The lowest BCUT2D eigenvalue weighted by Crippen LogP contribution is -2.38. The van der Waals surface area contributed by atoms with Gasteiger partial charge in [-0.1, -0.05) is 36.1 Å². The molecule has 0 unspecified atom stereocenters. The molecule has 3 rings (SSSR count). The lowest BCUT2D eigenvalue weighted by Gasteiger charge is -2.27. The topological polar surface area (TPSA) is 51.2 Å². The molecule has 2 fully saturated rings. The molecule has 0 atom stereocenters. The van der Waals surface area contributed by atoms with Crippen LogP contribution in [0.25, 0.3) is 6.08 Å². The number of amides is 1. The van der Waals surface area contributed by atoms with Gasteiger partial charge < -0.3 is 14.2 Å². The summed E-state index contributed by atoms with van der Waals surface area (Å²) in [5.41, 5.74) is 0.797. The van der Waals surface area contributed by atoms with Crippen LogP contribution in [0.3, 0.4) is 0 Å². The molecule has 2 aliphatic heterocycles. The van der Waals surface area contributed by atoms with Crippen molar-refractivity contribution in [2.24, 2.45) is 0 Å². The zero-order valence-electron chi connectivity index (χ0n) is 15.6. The second-order valence-electron chi connectivity index (χ2n) is 6.22. The van der Waals surface area contributed by atoms with Gasteiger partial charge in [-0.05, 0) is 18.6 Å². The smallest absolute Gasteiger partial charge is 0.266 e. The Morgan fingerprint density at radius 1 is 1.22 bits per heavy atom. The molecule has 2 aliphatic rings. The molecule has 2 saturated heterocycles. The minimum atomic E-state index is -0.0446. The van der Waals surface area contributed by atoms with Gasteiger partial charge in [-0.3, -0.25) is 14.6 Å². The molecule has 1 aromatic rings. The summed E-state index contributed by atoms with van der Waals surface area (Å²) in [6.07, 6.45) is 2.71. The number of carbonyl (C=O) groups excluding carboxylic acids is 1. The quantitative estimate of drug-likeness (QED) is 0.508. The molecule has 1 amide bonds. The third-order valence-corrected chi connectivity index (χ3v) is 5.93. The standard InChI is InChI=1S/C19H24N2O4S2/c1-23-15-6-3-5-14(17(15)24-2)13-16-18(22)21(19(26)27-16)8-4-7-20-9-11-25-12-10-20/h3,5-6,13H,4,7-12H2,1-2H3/b16-13-. The van der Waals surface area contributed by atoms with Crippen molar-refractivity contribution in [3.05, 3.63) is 28.7 Å². The molecule has 0 radical (unpaired) electrons. The summed E-state index contributed by atoms with van der Waals surface area (Å²) in [7, 11) is 3.18. The highest BCUT2D eigenvalue weighted by molar-refractivity contribution is 8.26. The van der Waals surface area contributed by atoms with Gasteiger partial charge in [0.05, 0.1) is 32.3 Å². The molecule has 146 valence electrons. The van der Waals surface area contributed by atoms with E-state index in [1.165, 1.54) is 11.8 Å². The summed E-state index contributed by atoms with van der Waals surface area (Å²) in [6, 6.07) is 5.59. The van der Waals surface area contributed by atoms with E-state index in [1.807, 2.05) is 24.3 Å². The Kier molecular flexibility index (Phi) is 7.12. The predicted molar refractivity (Wildman–Crippen MR) is 111 cm³/mol. The molecule has 8 heteroatoms. The maximum absolute atomic E-state index is 12.8. The maximum Gasteiger partial charge on any atom is 0.266 e. The predicted octanol–water partition coefficient (Wildman–Crippen LogP) is 2.63. The van der Waals surface area contributed by atoms with Gasteiger partial charge >= 0.3 is 0 Å². The van der Waals surface area contributed by atoms with Crippen LogP contribution in [-0.2, 0) is 9.53 Å². The number of ether oxygens (including phenoxy) is 3. The molecule has 0 aliphatic carbocycles. The number of methoxy groups -OCH3 is 2. The summed E-state index contributed by atoms with van der Waals surface area (Å²) in [5.74, 6) is 1.20. The largest absolute Gasteiger partial charge is 0.493 e. The number of para-hydroxylation sites is 1. The van der Waals surface area contributed by atoms with Gasteiger partial charge in [-0.15, -0.1) is 0 Å². The number of thioether (sulfide) groups is 1. The first kappa shape index (κ1) is 20.1. The average molecular weight is 409 g/mol. The highest BCUT2D eigenvalue weighted by atomic mass is 32.2. The zero-order valence-corrected chi connectivity index (χ0v) is 17.2. The van der Waals surface area contributed by atoms with Crippen molar-refractivity contribution in [2.45, 2.75) is 6.42 Å². The van der Waals surface area contributed by atoms with Crippen LogP contribution in [0.1, 0.15) is 12.0 Å². The van der Waals surface area contributed by atoms with Crippen molar-refractivity contribution in [3.63, 3.8) is 0 Å².